The first kappa shape index (κ1) is 11.8. The van der Waals surface area contributed by atoms with E-state index in [0.29, 0.717) is 5.56 Å². The molecule has 0 unspecified atom stereocenters. The van der Waals surface area contributed by atoms with Crippen LogP contribution in [-0.2, 0) is 0 Å². The van der Waals surface area contributed by atoms with Gasteiger partial charge in [-0.2, -0.15) is 0 Å². The number of imidazole rings is 2. The summed E-state index contributed by atoms with van der Waals surface area (Å²) in [6, 6.07) is 11.2. The van der Waals surface area contributed by atoms with E-state index in [4.69, 9.17) is 0 Å². The largest absolute Gasteiger partial charge is 0.307 e. The van der Waals surface area contributed by atoms with Gasteiger partial charge >= 0.3 is 0 Å². The van der Waals surface area contributed by atoms with Crippen LogP contribution < -0.4 is 0 Å². The van der Waals surface area contributed by atoms with Crippen LogP contribution in [0.3, 0.4) is 0 Å². The van der Waals surface area contributed by atoms with E-state index >= 15 is 0 Å². The van der Waals surface area contributed by atoms with Crippen LogP contribution in [0.1, 0.15) is 16.1 Å². The minimum atomic E-state index is -0.105. The average molecular weight is 276 g/mol. The Morgan fingerprint density at radius 3 is 2.95 bits per heavy atom. The van der Waals surface area contributed by atoms with Crippen LogP contribution in [0.2, 0.25) is 0 Å². The first-order valence-corrected chi connectivity index (χ1v) is 6.64. The lowest BCUT2D eigenvalue weighted by Crippen LogP contribution is -2.11. The van der Waals surface area contributed by atoms with Crippen molar-refractivity contribution in [2.45, 2.75) is 6.92 Å². The van der Waals surface area contributed by atoms with Gasteiger partial charge in [0.2, 0.25) is 0 Å². The third kappa shape index (κ3) is 1.82. The van der Waals surface area contributed by atoms with Crippen molar-refractivity contribution in [1.29, 1.82) is 0 Å². The fourth-order valence-electron chi connectivity index (χ4n) is 2.50. The molecule has 21 heavy (non-hydrogen) atoms. The highest BCUT2D eigenvalue weighted by Crippen LogP contribution is 2.15. The standard InChI is InChI=1S/C16H12N4O/c1-11-9-19-7-6-12(8-15(19)18-11)16(21)20-10-17-13-4-2-3-5-14(13)20/h2-10H,1H3. The van der Waals surface area contributed by atoms with Gasteiger partial charge in [-0.25, -0.2) is 9.97 Å². The number of hydrogen-bond donors (Lipinski definition) is 0. The highest BCUT2D eigenvalue weighted by Gasteiger charge is 2.13. The molecule has 0 bridgehead atoms. The summed E-state index contributed by atoms with van der Waals surface area (Å²) in [6.45, 7) is 1.93. The van der Waals surface area contributed by atoms with Gasteiger partial charge < -0.3 is 4.40 Å². The zero-order chi connectivity index (χ0) is 14.4. The minimum absolute atomic E-state index is 0.105. The van der Waals surface area contributed by atoms with Crippen molar-refractivity contribution >= 4 is 22.6 Å². The molecule has 0 amide bonds. The molecule has 5 nitrogen and oxygen atoms in total. The maximum absolute atomic E-state index is 12.7. The predicted molar refractivity (Wildman–Crippen MR) is 79.4 cm³/mol. The second-order valence-electron chi connectivity index (χ2n) is 4.97. The smallest absolute Gasteiger partial charge is 0.263 e. The molecule has 0 atom stereocenters. The van der Waals surface area contributed by atoms with Gasteiger partial charge in [0.15, 0.2) is 0 Å². The number of aromatic nitrogens is 4. The number of hydrogen-bond acceptors (Lipinski definition) is 3. The molecule has 3 heterocycles. The van der Waals surface area contributed by atoms with Gasteiger partial charge in [-0.1, -0.05) is 12.1 Å². The molecule has 0 aliphatic carbocycles. The summed E-state index contributed by atoms with van der Waals surface area (Å²) in [6.07, 6.45) is 5.34. The summed E-state index contributed by atoms with van der Waals surface area (Å²) in [5.41, 5.74) is 3.90. The van der Waals surface area contributed by atoms with Crippen molar-refractivity contribution in [3.8, 4) is 0 Å². The fraction of sp³-hybridized carbons (Fsp3) is 0.0625. The fourth-order valence-corrected chi connectivity index (χ4v) is 2.50. The summed E-state index contributed by atoms with van der Waals surface area (Å²) < 4.78 is 3.47. The maximum atomic E-state index is 12.7. The van der Waals surface area contributed by atoms with Crippen LogP contribution in [0, 0.1) is 6.92 Å². The molecule has 0 aliphatic rings. The van der Waals surface area contributed by atoms with E-state index in [9.17, 15) is 4.79 Å². The lowest BCUT2D eigenvalue weighted by atomic mass is 10.2. The van der Waals surface area contributed by atoms with Crippen LogP contribution in [0.25, 0.3) is 16.7 Å². The van der Waals surface area contributed by atoms with Crippen molar-refractivity contribution in [2.24, 2.45) is 0 Å². The molecule has 0 fully saturated rings. The molecular weight excluding hydrogens is 264 g/mol. The van der Waals surface area contributed by atoms with Gasteiger partial charge in [0.25, 0.3) is 5.91 Å². The number of fused-ring (bicyclic) bond motifs is 2. The number of aryl methyl sites for hydroxylation is 1. The molecule has 0 radical (unpaired) electrons. The molecule has 3 aromatic heterocycles. The van der Waals surface area contributed by atoms with Crippen LogP contribution in [0.15, 0.2) is 55.1 Å². The van der Waals surface area contributed by atoms with E-state index in [-0.39, 0.29) is 5.91 Å². The molecule has 0 saturated heterocycles. The van der Waals surface area contributed by atoms with Crippen molar-refractivity contribution in [1.82, 2.24) is 18.9 Å². The van der Waals surface area contributed by atoms with Gasteiger partial charge in [-0.15, -0.1) is 0 Å². The summed E-state index contributed by atoms with van der Waals surface area (Å²) in [7, 11) is 0. The minimum Gasteiger partial charge on any atom is -0.307 e. The van der Waals surface area contributed by atoms with Crippen LogP contribution in [0.4, 0.5) is 0 Å². The molecule has 4 aromatic rings. The summed E-state index contributed by atoms with van der Waals surface area (Å²) >= 11 is 0. The number of carbonyl (C=O) groups is 1. The molecule has 1 aromatic carbocycles. The van der Waals surface area contributed by atoms with Gasteiger partial charge in [-0.05, 0) is 31.2 Å². The number of pyridine rings is 1. The molecule has 0 spiro atoms. The highest BCUT2D eigenvalue weighted by molar-refractivity contribution is 6.01. The van der Waals surface area contributed by atoms with E-state index in [0.717, 1.165) is 22.4 Å². The Balaban J connectivity index is 1.85. The van der Waals surface area contributed by atoms with E-state index in [2.05, 4.69) is 9.97 Å². The lowest BCUT2D eigenvalue weighted by molar-refractivity contribution is 0.0964. The van der Waals surface area contributed by atoms with E-state index in [1.165, 1.54) is 0 Å². The Bertz CT molecular complexity index is 980. The Hall–Kier alpha value is -2.95. The Labute approximate surface area is 120 Å². The number of rotatable bonds is 1. The van der Waals surface area contributed by atoms with Gasteiger partial charge in [0, 0.05) is 18.0 Å². The number of carbonyl (C=O) groups excluding carboxylic acids is 1. The Morgan fingerprint density at radius 1 is 1.19 bits per heavy atom. The predicted octanol–water partition coefficient (Wildman–Crippen LogP) is 2.68. The van der Waals surface area contributed by atoms with E-state index < -0.39 is 0 Å². The third-order valence-electron chi connectivity index (χ3n) is 3.50. The maximum Gasteiger partial charge on any atom is 0.263 e. The SMILES string of the molecule is Cc1cn2ccc(C(=O)n3cnc4ccccc43)cc2n1. The second kappa shape index (κ2) is 4.28. The summed E-state index contributed by atoms with van der Waals surface area (Å²) in [5, 5.41) is 0. The zero-order valence-electron chi connectivity index (χ0n) is 11.4. The summed E-state index contributed by atoms with van der Waals surface area (Å²) in [5.74, 6) is -0.105. The monoisotopic (exact) mass is 276 g/mol. The van der Waals surface area contributed by atoms with Crippen molar-refractivity contribution in [2.75, 3.05) is 0 Å². The van der Waals surface area contributed by atoms with Crippen LogP contribution in [-0.4, -0.2) is 24.8 Å². The van der Waals surface area contributed by atoms with E-state index in [1.807, 2.05) is 48.0 Å². The van der Waals surface area contributed by atoms with Gasteiger partial charge in [0.05, 0.1) is 16.7 Å². The molecule has 0 N–H and O–H groups in total. The van der Waals surface area contributed by atoms with Crippen LogP contribution >= 0.6 is 0 Å². The Morgan fingerprint density at radius 2 is 2.05 bits per heavy atom. The lowest BCUT2D eigenvalue weighted by Gasteiger charge is -2.03. The molecular formula is C16H12N4O. The number of benzene rings is 1. The zero-order valence-corrected chi connectivity index (χ0v) is 11.4. The highest BCUT2D eigenvalue weighted by atomic mass is 16.2. The molecule has 4 rings (SSSR count). The normalized spacial score (nSPS) is 11.3. The number of para-hydroxylation sites is 2. The molecule has 0 aliphatic heterocycles. The average Bonchev–Trinajstić information content (AvgIpc) is 3.07. The van der Waals surface area contributed by atoms with Crippen molar-refractivity contribution < 1.29 is 4.79 Å². The van der Waals surface area contributed by atoms with Crippen molar-refractivity contribution in [3.05, 3.63) is 66.4 Å². The first-order chi connectivity index (χ1) is 10.2. The summed E-state index contributed by atoms with van der Waals surface area (Å²) in [4.78, 5) is 21.3. The van der Waals surface area contributed by atoms with Crippen LogP contribution in [0.5, 0.6) is 0 Å². The molecule has 102 valence electrons. The number of nitrogens with zero attached hydrogens (tertiary/aromatic N) is 4. The quantitative estimate of drug-likeness (QED) is 0.537. The first-order valence-electron chi connectivity index (χ1n) is 6.64. The van der Waals surface area contributed by atoms with E-state index in [1.54, 1.807) is 23.0 Å². The van der Waals surface area contributed by atoms with Crippen molar-refractivity contribution in [3.63, 3.8) is 0 Å². The van der Waals surface area contributed by atoms with Gasteiger partial charge in [0.1, 0.15) is 12.0 Å². The molecule has 0 saturated carbocycles. The third-order valence-corrected chi connectivity index (χ3v) is 3.50. The topological polar surface area (TPSA) is 52.2 Å². The Kier molecular flexibility index (Phi) is 2.41. The molecule has 5 heteroatoms. The van der Waals surface area contributed by atoms with Gasteiger partial charge in [-0.3, -0.25) is 9.36 Å². The second-order valence-corrected chi connectivity index (χ2v) is 4.97.